The van der Waals surface area contributed by atoms with Crippen LogP contribution in [0.1, 0.15) is 5.56 Å². The minimum absolute atomic E-state index is 0.0310. The van der Waals surface area contributed by atoms with Crippen molar-refractivity contribution in [3.8, 4) is 28.5 Å². The zero-order chi connectivity index (χ0) is 19.1. The van der Waals surface area contributed by atoms with Crippen LogP contribution in [0.2, 0.25) is 15.1 Å². The highest BCUT2D eigenvalue weighted by Crippen LogP contribution is 2.36. The van der Waals surface area contributed by atoms with E-state index in [-0.39, 0.29) is 11.9 Å². The maximum atomic E-state index is 6.42. The maximum Gasteiger partial charge on any atom is 0.313 e. The molecule has 0 atom stereocenters. The van der Waals surface area contributed by atoms with Gasteiger partial charge in [0.2, 0.25) is 0 Å². The van der Waals surface area contributed by atoms with Gasteiger partial charge in [0.05, 0.1) is 16.4 Å². The van der Waals surface area contributed by atoms with Crippen LogP contribution in [0.25, 0.3) is 28.5 Å². The zero-order valence-corrected chi connectivity index (χ0v) is 16.2. The van der Waals surface area contributed by atoms with Crippen LogP contribution in [0.15, 0.2) is 46.9 Å². The van der Waals surface area contributed by atoms with Gasteiger partial charge in [0.1, 0.15) is 0 Å². The lowest BCUT2D eigenvalue weighted by Gasteiger charge is -2.11. The van der Waals surface area contributed by atoms with Crippen molar-refractivity contribution in [2.24, 2.45) is 0 Å². The quantitative estimate of drug-likeness (QED) is 0.477. The van der Waals surface area contributed by atoms with E-state index in [1.165, 1.54) is 0 Å². The second-order valence-corrected chi connectivity index (χ2v) is 7.06. The van der Waals surface area contributed by atoms with Crippen LogP contribution < -0.4 is 5.73 Å². The maximum absolute atomic E-state index is 6.42. The number of benzene rings is 2. The first-order valence-corrected chi connectivity index (χ1v) is 8.98. The summed E-state index contributed by atoms with van der Waals surface area (Å²) in [6, 6.07) is 12.6. The van der Waals surface area contributed by atoms with Gasteiger partial charge in [-0.05, 0) is 37.3 Å². The van der Waals surface area contributed by atoms with Gasteiger partial charge in [0.15, 0.2) is 5.69 Å². The van der Waals surface area contributed by atoms with E-state index in [4.69, 9.17) is 45.0 Å². The standard InChI is InChI=1S/C18H12Cl3N5O/c1-9-15(17-23-24-18(22)27-17)25-26(14-7-6-12(20)8-13(14)21)16(9)10-2-4-11(19)5-3-10/h2-8H,1H3,(H2,22,24). The molecule has 2 N–H and O–H groups in total. The summed E-state index contributed by atoms with van der Waals surface area (Å²) < 4.78 is 7.08. The first-order valence-electron chi connectivity index (χ1n) is 7.84. The summed E-state index contributed by atoms with van der Waals surface area (Å²) in [6.07, 6.45) is 0. The summed E-state index contributed by atoms with van der Waals surface area (Å²) in [5.74, 6) is 0.226. The van der Waals surface area contributed by atoms with Crippen molar-refractivity contribution in [2.45, 2.75) is 6.92 Å². The predicted octanol–water partition coefficient (Wildman–Crippen LogP) is 5.44. The Morgan fingerprint density at radius 2 is 1.67 bits per heavy atom. The van der Waals surface area contributed by atoms with Gasteiger partial charge in [0, 0.05) is 21.2 Å². The van der Waals surface area contributed by atoms with Crippen LogP contribution in [0.3, 0.4) is 0 Å². The van der Waals surface area contributed by atoms with Crippen LogP contribution in [-0.2, 0) is 0 Å². The Morgan fingerprint density at radius 3 is 2.30 bits per heavy atom. The van der Waals surface area contributed by atoms with Crippen LogP contribution in [-0.4, -0.2) is 20.0 Å². The normalized spacial score (nSPS) is 11.1. The van der Waals surface area contributed by atoms with Crippen molar-refractivity contribution < 1.29 is 4.42 Å². The van der Waals surface area contributed by atoms with Gasteiger partial charge in [-0.1, -0.05) is 52.0 Å². The molecule has 136 valence electrons. The van der Waals surface area contributed by atoms with E-state index in [0.29, 0.717) is 26.4 Å². The molecule has 0 saturated carbocycles. The number of rotatable bonds is 3. The van der Waals surface area contributed by atoms with E-state index in [9.17, 15) is 0 Å². The average Bonchev–Trinajstić information content (AvgIpc) is 3.19. The fourth-order valence-electron chi connectivity index (χ4n) is 2.80. The topological polar surface area (TPSA) is 82.8 Å². The lowest BCUT2D eigenvalue weighted by Crippen LogP contribution is -2.00. The number of hydrogen-bond donors (Lipinski definition) is 1. The molecule has 0 fully saturated rings. The summed E-state index contributed by atoms with van der Waals surface area (Å²) >= 11 is 18.5. The third-order valence-corrected chi connectivity index (χ3v) is 4.81. The van der Waals surface area contributed by atoms with Crippen molar-refractivity contribution in [2.75, 3.05) is 5.73 Å². The molecule has 0 radical (unpaired) electrons. The van der Waals surface area contributed by atoms with Gasteiger partial charge in [0.25, 0.3) is 5.89 Å². The third kappa shape index (κ3) is 3.27. The Morgan fingerprint density at radius 1 is 0.963 bits per heavy atom. The van der Waals surface area contributed by atoms with Crippen molar-refractivity contribution >= 4 is 40.8 Å². The van der Waals surface area contributed by atoms with E-state index in [0.717, 1.165) is 16.8 Å². The number of anilines is 1. The number of nitrogen functional groups attached to an aromatic ring is 1. The molecule has 0 aliphatic carbocycles. The fourth-order valence-corrected chi connectivity index (χ4v) is 3.42. The first kappa shape index (κ1) is 17.9. The highest BCUT2D eigenvalue weighted by molar-refractivity contribution is 6.35. The molecule has 9 heteroatoms. The molecule has 0 unspecified atom stereocenters. The van der Waals surface area contributed by atoms with E-state index >= 15 is 0 Å². The van der Waals surface area contributed by atoms with E-state index in [1.807, 2.05) is 31.2 Å². The second kappa shape index (κ2) is 6.88. The molecule has 4 aromatic rings. The van der Waals surface area contributed by atoms with Gasteiger partial charge < -0.3 is 10.2 Å². The molecular weight excluding hydrogens is 409 g/mol. The van der Waals surface area contributed by atoms with Crippen LogP contribution in [0, 0.1) is 6.92 Å². The second-order valence-electron chi connectivity index (χ2n) is 5.78. The van der Waals surface area contributed by atoms with Crippen molar-refractivity contribution in [3.63, 3.8) is 0 Å². The molecule has 0 bridgehead atoms. The number of nitrogens with zero attached hydrogens (tertiary/aromatic N) is 4. The minimum Gasteiger partial charge on any atom is -0.402 e. The Kier molecular flexibility index (Phi) is 4.55. The molecule has 6 nitrogen and oxygen atoms in total. The number of halogens is 3. The molecule has 2 heterocycles. The molecule has 2 aromatic heterocycles. The first-order chi connectivity index (χ1) is 12.9. The van der Waals surface area contributed by atoms with Gasteiger partial charge >= 0.3 is 6.01 Å². The molecule has 0 aliphatic rings. The number of aromatic nitrogens is 4. The SMILES string of the molecule is Cc1c(-c2nnc(N)o2)nn(-c2ccc(Cl)cc2Cl)c1-c1ccc(Cl)cc1. The van der Waals surface area contributed by atoms with Gasteiger partial charge in [-0.25, -0.2) is 4.68 Å². The summed E-state index contributed by atoms with van der Waals surface area (Å²) in [7, 11) is 0. The highest BCUT2D eigenvalue weighted by atomic mass is 35.5. The number of nitrogens with two attached hydrogens (primary N) is 1. The molecule has 0 aliphatic heterocycles. The lowest BCUT2D eigenvalue weighted by atomic mass is 10.1. The smallest absolute Gasteiger partial charge is 0.313 e. The Labute approximate surface area is 169 Å². The Bertz CT molecular complexity index is 1130. The molecule has 0 amide bonds. The van der Waals surface area contributed by atoms with Crippen molar-refractivity contribution in [3.05, 3.63) is 63.1 Å². The monoisotopic (exact) mass is 419 g/mol. The fraction of sp³-hybridized carbons (Fsp3) is 0.0556. The molecular formula is C18H12Cl3N5O. The summed E-state index contributed by atoms with van der Waals surface area (Å²) in [6.45, 7) is 1.91. The Hall–Kier alpha value is -2.54. The average molecular weight is 421 g/mol. The molecule has 0 spiro atoms. The van der Waals surface area contributed by atoms with E-state index in [2.05, 4.69) is 15.3 Å². The van der Waals surface area contributed by atoms with Gasteiger partial charge in [-0.15, -0.1) is 5.10 Å². The Balaban J connectivity index is 1.99. The minimum atomic E-state index is -0.0310. The van der Waals surface area contributed by atoms with Crippen molar-refractivity contribution in [1.82, 2.24) is 20.0 Å². The largest absolute Gasteiger partial charge is 0.402 e. The highest BCUT2D eigenvalue weighted by Gasteiger charge is 2.23. The van der Waals surface area contributed by atoms with Crippen LogP contribution in [0.5, 0.6) is 0 Å². The molecule has 2 aromatic carbocycles. The zero-order valence-electron chi connectivity index (χ0n) is 13.9. The van der Waals surface area contributed by atoms with Crippen molar-refractivity contribution in [1.29, 1.82) is 0 Å². The van der Waals surface area contributed by atoms with E-state index < -0.39 is 0 Å². The summed E-state index contributed by atoms with van der Waals surface area (Å²) in [5, 5.41) is 13.9. The predicted molar refractivity (Wildman–Crippen MR) is 106 cm³/mol. The molecule has 0 saturated heterocycles. The van der Waals surface area contributed by atoms with Gasteiger partial charge in [-0.3, -0.25) is 0 Å². The third-order valence-electron chi connectivity index (χ3n) is 4.02. The number of hydrogen-bond acceptors (Lipinski definition) is 5. The summed E-state index contributed by atoms with van der Waals surface area (Å²) in [4.78, 5) is 0. The molecule has 27 heavy (non-hydrogen) atoms. The van der Waals surface area contributed by atoms with Gasteiger partial charge in [-0.2, -0.15) is 5.10 Å². The van der Waals surface area contributed by atoms with Crippen LogP contribution >= 0.6 is 34.8 Å². The molecule has 4 rings (SSSR count). The summed E-state index contributed by atoms with van der Waals surface area (Å²) in [5.41, 5.74) is 9.27. The van der Waals surface area contributed by atoms with E-state index in [1.54, 1.807) is 22.9 Å². The lowest BCUT2D eigenvalue weighted by molar-refractivity contribution is 0.586. The van der Waals surface area contributed by atoms with Crippen LogP contribution in [0.4, 0.5) is 6.01 Å².